The average Bonchev–Trinajstić information content (AvgIpc) is 2.64. The van der Waals surface area contributed by atoms with Crippen LogP contribution in [0.15, 0.2) is 12.4 Å². The zero-order valence-electron chi connectivity index (χ0n) is 9.52. The van der Waals surface area contributed by atoms with Crippen LogP contribution in [0.5, 0.6) is 0 Å². The molecule has 2 amide bonds. The zero-order valence-corrected chi connectivity index (χ0v) is 9.52. The maximum Gasteiger partial charge on any atom is 0.325 e. The quantitative estimate of drug-likeness (QED) is 0.604. The van der Waals surface area contributed by atoms with E-state index in [9.17, 15) is 4.79 Å². The molecule has 0 spiro atoms. The van der Waals surface area contributed by atoms with Gasteiger partial charge in [-0.05, 0) is 18.8 Å². The highest BCUT2D eigenvalue weighted by molar-refractivity contribution is 5.75. The Morgan fingerprint density at radius 2 is 2.20 bits per heavy atom. The molecule has 2 rings (SSSR count). The standard InChI is InChI=1S/C11H19N3O/c1-10-4-3-5-13(8-10)11(15)14-7-6-12(2)9-14/h6-7,10H,3-5,8-9H2,1-2H3. The van der Waals surface area contributed by atoms with Gasteiger partial charge in [0.05, 0.1) is 6.67 Å². The summed E-state index contributed by atoms with van der Waals surface area (Å²) >= 11 is 0. The molecule has 1 atom stereocenters. The summed E-state index contributed by atoms with van der Waals surface area (Å²) in [5.74, 6) is 0.645. The van der Waals surface area contributed by atoms with E-state index in [4.69, 9.17) is 0 Å². The molecule has 4 heteroatoms. The summed E-state index contributed by atoms with van der Waals surface area (Å²) in [5, 5.41) is 0. The summed E-state index contributed by atoms with van der Waals surface area (Å²) in [6.07, 6.45) is 6.19. The minimum absolute atomic E-state index is 0.155. The third-order valence-corrected chi connectivity index (χ3v) is 3.05. The molecule has 4 nitrogen and oxygen atoms in total. The number of hydrogen-bond acceptors (Lipinski definition) is 2. The molecule has 0 N–H and O–H groups in total. The number of nitrogens with zero attached hydrogens (tertiary/aromatic N) is 3. The SMILES string of the molecule is CC1CCCN(C(=O)N2C=CN(C)C2)C1. The second-order valence-electron chi connectivity index (χ2n) is 4.64. The Bertz CT molecular complexity index is 277. The molecule has 84 valence electrons. The van der Waals surface area contributed by atoms with Gasteiger partial charge in [-0.1, -0.05) is 6.92 Å². The summed E-state index contributed by atoms with van der Waals surface area (Å²) in [5.41, 5.74) is 0. The normalized spacial score (nSPS) is 26.3. The van der Waals surface area contributed by atoms with E-state index < -0.39 is 0 Å². The van der Waals surface area contributed by atoms with E-state index in [-0.39, 0.29) is 6.03 Å². The molecule has 0 aromatic heterocycles. The van der Waals surface area contributed by atoms with Crippen molar-refractivity contribution < 1.29 is 4.79 Å². The smallest absolute Gasteiger partial charge is 0.325 e. The van der Waals surface area contributed by atoms with Gasteiger partial charge in [0.15, 0.2) is 0 Å². The van der Waals surface area contributed by atoms with Gasteiger partial charge in [-0.15, -0.1) is 0 Å². The highest BCUT2D eigenvalue weighted by Gasteiger charge is 2.26. The number of piperidine rings is 1. The van der Waals surface area contributed by atoms with Crippen LogP contribution >= 0.6 is 0 Å². The van der Waals surface area contributed by atoms with E-state index in [2.05, 4.69) is 6.92 Å². The van der Waals surface area contributed by atoms with Crippen molar-refractivity contribution in [3.05, 3.63) is 12.4 Å². The van der Waals surface area contributed by atoms with E-state index >= 15 is 0 Å². The van der Waals surface area contributed by atoms with Crippen molar-refractivity contribution >= 4 is 6.03 Å². The van der Waals surface area contributed by atoms with Gasteiger partial charge in [0.2, 0.25) is 0 Å². The first-order valence-corrected chi connectivity index (χ1v) is 5.61. The summed E-state index contributed by atoms with van der Waals surface area (Å²) in [6, 6.07) is 0.155. The predicted octanol–water partition coefficient (Wildman–Crippen LogP) is 1.51. The fourth-order valence-electron chi connectivity index (χ4n) is 2.20. The fourth-order valence-corrected chi connectivity index (χ4v) is 2.20. The van der Waals surface area contributed by atoms with Crippen LogP contribution in [0.4, 0.5) is 4.79 Å². The molecule has 0 aromatic rings. The van der Waals surface area contributed by atoms with Crippen LogP contribution in [-0.4, -0.2) is 47.5 Å². The van der Waals surface area contributed by atoms with Gasteiger partial charge in [0.25, 0.3) is 0 Å². The molecular weight excluding hydrogens is 190 g/mol. The van der Waals surface area contributed by atoms with Gasteiger partial charge in [-0.2, -0.15) is 0 Å². The number of amides is 2. The van der Waals surface area contributed by atoms with Crippen LogP contribution in [0.1, 0.15) is 19.8 Å². The Kier molecular flexibility index (Phi) is 2.84. The molecule has 0 bridgehead atoms. The molecule has 2 aliphatic heterocycles. The lowest BCUT2D eigenvalue weighted by Gasteiger charge is -2.33. The Morgan fingerprint density at radius 3 is 2.80 bits per heavy atom. The average molecular weight is 209 g/mol. The third kappa shape index (κ3) is 2.25. The minimum Gasteiger partial charge on any atom is -0.361 e. The first-order chi connectivity index (χ1) is 7.16. The lowest BCUT2D eigenvalue weighted by molar-refractivity contribution is 0.140. The van der Waals surface area contributed by atoms with Crippen molar-refractivity contribution in [2.24, 2.45) is 5.92 Å². The molecule has 1 unspecified atom stereocenters. The van der Waals surface area contributed by atoms with Crippen molar-refractivity contribution in [2.75, 3.05) is 26.8 Å². The lowest BCUT2D eigenvalue weighted by atomic mass is 10.0. The van der Waals surface area contributed by atoms with E-state index in [1.165, 1.54) is 6.42 Å². The van der Waals surface area contributed by atoms with Crippen LogP contribution in [0.2, 0.25) is 0 Å². The summed E-state index contributed by atoms with van der Waals surface area (Å²) in [4.78, 5) is 17.8. The van der Waals surface area contributed by atoms with Gasteiger partial charge < -0.3 is 9.80 Å². The van der Waals surface area contributed by atoms with Gasteiger partial charge in [0, 0.05) is 32.5 Å². The fraction of sp³-hybridized carbons (Fsp3) is 0.727. The predicted molar refractivity (Wildman–Crippen MR) is 59.0 cm³/mol. The second kappa shape index (κ2) is 4.13. The van der Waals surface area contributed by atoms with Crippen molar-refractivity contribution in [1.29, 1.82) is 0 Å². The summed E-state index contributed by atoms with van der Waals surface area (Å²) in [7, 11) is 1.97. The van der Waals surface area contributed by atoms with E-state index in [1.807, 2.05) is 29.2 Å². The van der Waals surface area contributed by atoms with Crippen LogP contribution < -0.4 is 0 Å². The number of urea groups is 1. The molecule has 0 aliphatic carbocycles. The largest absolute Gasteiger partial charge is 0.361 e. The molecule has 0 aromatic carbocycles. The van der Waals surface area contributed by atoms with Gasteiger partial charge in [-0.3, -0.25) is 4.90 Å². The Balaban J connectivity index is 1.93. The Labute approximate surface area is 91.1 Å². The van der Waals surface area contributed by atoms with E-state index in [1.54, 1.807) is 4.90 Å². The van der Waals surface area contributed by atoms with Gasteiger partial charge in [-0.25, -0.2) is 4.79 Å². The number of hydrogen-bond donors (Lipinski definition) is 0. The molecule has 2 aliphatic rings. The van der Waals surface area contributed by atoms with Crippen molar-refractivity contribution in [2.45, 2.75) is 19.8 Å². The van der Waals surface area contributed by atoms with Gasteiger partial charge >= 0.3 is 6.03 Å². The Hall–Kier alpha value is -1.19. The van der Waals surface area contributed by atoms with Crippen LogP contribution in [0.25, 0.3) is 0 Å². The molecule has 0 saturated carbocycles. The Morgan fingerprint density at radius 1 is 1.40 bits per heavy atom. The van der Waals surface area contributed by atoms with Crippen LogP contribution in [0.3, 0.4) is 0 Å². The molecule has 2 heterocycles. The van der Waals surface area contributed by atoms with Crippen molar-refractivity contribution in [3.63, 3.8) is 0 Å². The van der Waals surface area contributed by atoms with Crippen LogP contribution in [-0.2, 0) is 0 Å². The topological polar surface area (TPSA) is 26.8 Å². The number of rotatable bonds is 0. The maximum absolute atomic E-state index is 12.1. The maximum atomic E-state index is 12.1. The molecule has 1 fully saturated rings. The summed E-state index contributed by atoms with van der Waals surface area (Å²) < 4.78 is 0. The third-order valence-electron chi connectivity index (χ3n) is 3.05. The first-order valence-electron chi connectivity index (χ1n) is 5.61. The summed E-state index contributed by atoms with van der Waals surface area (Å²) in [6.45, 7) is 4.72. The molecule has 15 heavy (non-hydrogen) atoms. The lowest BCUT2D eigenvalue weighted by Crippen LogP contribution is -2.45. The highest BCUT2D eigenvalue weighted by atomic mass is 16.2. The van der Waals surface area contributed by atoms with E-state index in [0.717, 1.165) is 19.5 Å². The monoisotopic (exact) mass is 209 g/mol. The van der Waals surface area contributed by atoms with Crippen LogP contribution in [0, 0.1) is 5.92 Å². The number of carbonyl (C=O) groups is 1. The minimum atomic E-state index is 0.155. The number of carbonyl (C=O) groups excluding carboxylic acids is 1. The molecular formula is C11H19N3O. The van der Waals surface area contributed by atoms with Crippen molar-refractivity contribution in [1.82, 2.24) is 14.7 Å². The van der Waals surface area contributed by atoms with Crippen molar-refractivity contribution in [3.8, 4) is 0 Å². The highest BCUT2D eigenvalue weighted by Crippen LogP contribution is 2.18. The van der Waals surface area contributed by atoms with E-state index in [0.29, 0.717) is 12.6 Å². The first kappa shape index (κ1) is 10.3. The molecule has 1 saturated heterocycles. The number of likely N-dealkylation sites (tertiary alicyclic amines) is 1. The second-order valence-corrected chi connectivity index (χ2v) is 4.64. The molecule has 0 radical (unpaired) electrons. The zero-order chi connectivity index (χ0) is 10.8. The van der Waals surface area contributed by atoms with Gasteiger partial charge in [0.1, 0.15) is 0 Å².